The maximum atomic E-state index is 11.0. The highest BCUT2D eigenvalue weighted by atomic mass is 16.4. The van der Waals surface area contributed by atoms with Crippen LogP contribution in [0.2, 0.25) is 0 Å². The molecule has 0 aliphatic rings. The lowest BCUT2D eigenvalue weighted by atomic mass is 10.0. The Labute approximate surface area is 107 Å². The molecule has 0 spiro atoms. The number of anilines is 1. The Hall–Kier alpha value is -1.62. The molecule has 1 aromatic heterocycles. The van der Waals surface area contributed by atoms with Gasteiger partial charge in [0, 0.05) is 19.3 Å². The number of nitrogens with zero attached hydrogens (tertiary/aromatic N) is 1. The Morgan fingerprint density at radius 2 is 2.28 bits per heavy atom. The van der Waals surface area contributed by atoms with Gasteiger partial charge in [0.25, 0.3) is 0 Å². The normalized spacial score (nSPS) is 12.1. The summed E-state index contributed by atoms with van der Waals surface area (Å²) < 4.78 is 0. The third kappa shape index (κ3) is 4.33. The smallest absolute Gasteiger partial charge is 0.339 e. The van der Waals surface area contributed by atoms with Crippen molar-refractivity contribution in [2.75, 3.05) is 18.5 Å². The van der Waals surface area contributed by atoms with Gasteiger partial charge in [-0.2, -0.15) is 0 Å². The van der Waals surface area contributed by atoms with Crippen LogP contribution >= 0.6 is 0 Å². The number of hydrogen-bond acceptors (Lipinski definition) is 4. The van der Waals surface area contributed by atoms with Gasteiger partial charge in [0.2, 0.25) is 0 Å². The summed E-state index contributed by atoms with van der Waals surface area (Å²) in [6.45, 7) is 2.87. The summed E-state index contributed by atoms with van der Waals surface area (Å²) in [6.07, 6.45) is 4.33. The number of rotatable bonds is 8. The average Bonchev–Trinajstić information content (AvgIpc) is 2.36. The fourth-order valence-electron chi connectivity index (χ4n) is 1.90. The molecule has 0 bridgehead atoms. The van der Waals surface area contributed by atoms with Crippen molar-refractivity contribution in [2.24, 2.45) is 5.92 Å². The van der Waals surface area contributed by atoms with Crippen molar-refractivity contribution in [3.63, 3.8) is 0 Å². The van der Waals surface area contributed by atoms with E-state index >= 15 is 0 Å². The molecule has 1 rings (SSSR count). The number of aromatic nitrogens is 1. The van der Waals surface area contributed by atoms with Gasteiger partial charge >= 0.3 is 5.97 Å². The molecule has 1 atom stereocenters. The van der Waals surface area contributed by atoms with E-state index in [4.69, 9.17) is 10.2 Å². The second kappa shape index (κ2) is 7.66. The van der Waals surface area contributed by atoms with Crippen molar-refractivity contribution < 1.29 is 15.0 Å². The van der Waals surface area contributed by atoms with Gasteiger partial charge in [0.15, 0.2) is 0 Å². The number of aromatic carboxylic acids is 1. The second-order valence-electron chi connectivity index (χ2n) is 4.25. The lowest BCUT2D eigenvalue weighted by molar-refractivity contribution is 0.0697. The molecule has 3 N–H and O–H groups in total. The zero-order valence-corrected chi connectivity index (χ0v) is 10.6. The maximum absolute atomic E-state index is 11.0. The van der Waals surface area contributed by atoms with Crippen LogP contribution in [0.25, 0.3) is 0 Å². The predicted molar refractivity (Wildman–Crippen MR) is 69.8 cm³/mol. The number of hydrogen-bond donors (Lipinski definition) is 3. The largest absolute Gasteiger partial charge is 0.478 e. The summed E-state index contributed by atoms with van der Waals surface area (Å²) in [6, 6.07) is 3.13. The van der Waals surface area contributed by atoms with Crippen molar-refractivity contribution in [2.45, 2.75) is 26.2 Å². The molecule has 0 amide bonds. The van der Waals surface area contributed by atoms with Gasteiger partial charge in [-0.1, -0.05) is 13.3 Å². The SMILES string of the molecule is CCCC(CCO)CNc1ncccc1C(=O)O. The lowest BCUT2D eigenvalue weighted by Crippen LogP contribution is -2.18. The number of pyridine rings is 1. The van der Waals surface area contributed by atoms with E-state index in [-0.39, 0.29) is 12.2 Å². The first kappa shape index (κ1) is 14.4. The second-order valence-corrected chi connectivity index (χ2v) is 4.25. The summed E-state index contributed by atoms with van der Waals surface area (Å²) in [5.41, 5.74) is 0.178. The molecule has 1 aromatic rings. The highest BCUT2D eigenvalue weighted by Crippen LogP contribution is 2.15. The fourth-order valence-corrected chi connectivity index (χ4v) is 1.90. The molecule has 0 aliphatic heterocycles. The monoisotopic (exact) mass is 252 g/mol. The molecule has 1 heterocycles. The third-order valence-electron chi connectivity index (χ3n) is 2.83. The molecule has 100 valence electrons. The van der Waals surface area contributed by atoms with Crippen molar-refractivity contribution in [3.8, 4) is 0 Å². The van der Waals surface area contributed by atoms with E-state index in [0.717, 1.165) is 19.3 Å². The minimum absolute atomic E-state index is 0.153. The van der Waals surface area contributed by atoms with E-state index < -0.39 is 5.97 Å². The molecule has 5 nitrogen and oxygen atoms in total. The van der Waals surface area contributed by atoms with Crippen LogP contribution in [0.5, 0.6) is 0 Å². The van der Waals surface area contributed by atoms with Crippen LogP contribution in [-0.4, -0.2) is 34.3 Å². The highest BCUT2D eigenvalue weighted by Gasteiger charge is 2.12. The number of aliphatic hydroxyl groups excluding tert-OH is 1. The molecule has 1 unspecified atom stereocenters. The topological polar surface area (TPSA) is 82.5 Å². The van der Waals surface area contributed by atoms with Crippen LogP contribution in [0.1, 0.15) is 36.5 Å². The molecule has 0 saturated carbocycles. The summed E-state index contributed by atoms with van der Waals surface area (Å²) in [5.74, 6) is -0.257. The average molecular weight is 252 g/mol. The van der Waals surface area contributed by atoms with Gasteiger partial charge < -0.3 is 15.5 Å². The number of carboxylic acid groups (broad SMARTS) is 1. The molecule has 0 saturated heterocycles. The summed E-state index contributed by atoms with van der Waals surface area (Å²) in [5, 5.41) is 21.0. The van der Waals surface area contributed by atoms with E-state index in [1.54, 1.807) is 12.3 Å². The standard InChI is InChI=1S/C13H20N2O3/c1-2-4-10(6-8-16)9-15-12-11(13(17)18)5-3-7-14-12/h3,5,7,10,16H,2,4,6,8-9H2,1H3,(H,14,15)(H,17,18). The van der Waals surface area contributed by atoms with Crippen LogP contribution in [0.3, 0.4) is 0 Å². The minimum atomic E-state index is -0.986. The Bertz CT molecular complexity index is 376. The fraction of sp³-hybridized carbons (Fsp3) is 0.538. The molecule has 0 fully saturated rings. The molecular formula is C13H20N2O3. The van der Waals surface area contributed by atoms with Crippen molar-refractivity contribution >= 4 is 11.8 Å². The Morgan fingerprint density at radius 1 is 1.50 bits per heavy atom. The van der Waals surface area contributed by atoms with Crippen LogP contribution in [0.15, 0.2) is 18.3 Å². The third-order valence-corrected chi connectivity index (χ3v) is 2.83. The van der Waals surface area contributed by atoms with Crippen molar-refractivity contribution in [1.29, 1.82) is 0 Å². The van der Waals surface area contributed by atoms with Crippen LogP contribution in [-0.2, 0) is 0 Å². The van der Waals surface area contributed by atoms with Crippen LogP contribution in [0.4, 0.5) is 5.82 Å². The first-order chi connectivity index (χ1) is 8.69. The van der Waals surface area contributed by atoms with Gasteiger partial charge in [-0.15, -0.1) is 0 Å². The number of aliphatic hydroxyl groups is 1. The van der Waals surface area contributed by atoms with Crippen molar-refractivity contribution in [1.82, 2.24) is 4.98 Å². The number of carboxylic acids is 1. The molecule has 0 radical (unpaired) electrons. The van der Waals surface area contributed by atoms with Gasteiger partial charge in [-0.25, -0.2) is 9.78 Å². The van der Waals surface area contributed by atoms with Gasteiger partial charge in [-0.3, -0.25) is 0 Å². The molecule has 0 aliphatic carbocycles. The first-order valence-corrected chi connectivity index (χ1v) is 6.22. The van der Waals surface area contributed by atoms with E-state index in [2.05, 4.69) is 17.2 Å². The predicted octanol–water partition coefficient (Wildman–Crippen LogP) is 1.99. The molecule has 5 heteroatoms. The quantitative estimate of drug-likeness (QED) is 0.659. The highest BCUT2D eigenvalue weighted by molar-refractivity contribution is 5.92. The molecular weight excluding hydrogens is 232 g/mol. The number of nitrogens with one attached hydrogen (secondary N) is 1. The van der Waals surface area contributed by atoms with Gasteiger partial charge in [0.05, 0.1) is 0 Å². The lowest BCUT2D eigenvalue weighted by Gasteiger charge is -2.16. The van der Waals surface area contributed by atoms with E-state index in [1.807, 2.05) is 0 Å². The molecule has 18 heavy (non-hydrogen) atoms. The van der Waals surface area contributed by atoms with Crippen molar-refractivity contribution in [3.05, 3.63) is 23.9 Å². The van der Waals surface area contributed by atoms with E-state index in [0.29, 0.717) is 18.3 Å². The zero-order valence-electron chi connectivity index (χ0n) is 10.6. The summed E-state index contributed by atoms with van der Waals surface area (Å²) >= 11 is 0. The van der Waals surface area contributed by atoms with Gasteiger partial charge in [0.1, 0.15) is 11.4 Å². The Balaban J connectivity index is 2.63. The van der Waals surface area contributed by atoms with E-state index in [1.165, 1.54) is 6.07 Å². The maximum Gasteiger partial charge on any atom is 0.339 e. The molecule has 0 aromatic carbocycles. The zero-order chi connectivity index (χ0) is 13.4. The number of carbonyl (C=O) groups is 1. The Morgan fingerprint density at radius 3 is 2.89 bits per heavy atom. The summed E-state index contributed by atoms with van der Waals surface area (Å²) in [7, 11) is 0. The van der Waals surface area contributed by atoms with E-state index in [9.17, 15) is 4.79 Å². The first-order valence-electron chi connectivity index (χ1n) is 6.22. The minimum Gasteiger partial charge on any atom is -0.478 e. The Kier molecular flexibility index (Phi) is 6.14. The van der Waals surface area contributed by atoms with Crippen LogP contribution < -0.4 is 5.32 Å². The summed E-state index contributed by atoms with van der Waals surface area (Å²) in [4.78, 5) is 15.0. The van der Waals surface area contributed by atoms with Crippen LogP contribution in [0, 0.1) is 5.92 Å². The van der Waals surface area contributed by atoms with Gasteiger partial charge in [-0.05, 0) is 30.9 Å².